The van der Waals surface area contributed by atoms with Crippen molar-refractivity contribution in [3.8, 4) is 5.75 Å². The van der Waals surface area contributed by atoms with Crippen molar-refractivity contribution in [1.29, 1.82) is 0 Å². The Morgan fingerprint density at radius 2 is 1.85 bits per heavy atom. The largest absolute Gasteiger partial charge is 0.497 e. The fraction of sp³-hybridized carbons (Fsp3) is 0.0476. The first kappa shape index (κ1) is 16.3. The molecule has 0 radical (unpaired) electrons. The summed E-state index contributed by atoms with van der Waals surface area (Å²) < 4.78 is 16.8. The monoisotopic (exact) mass is 362 g/mol. The number of carbonyl (C=O) groups is 1. The fourth-order valence-corrected chi connectivity index (χ4v) is 3.02. The number of hydrogen-bond acceptors (Lipinski definition) is 5. The quantitative estimate of drug-likeness (QED) is 0.366. The average Bonchev–Trinajstić information content (AvgIpc) is 3.05. The predicted octanol–water partition coefficient (Wildman–Crippen LogP) is 5.15. The Morgan fingerprint density at radius 3 is 2.62 bits per heavy atom. The summed E-state index contributed by atoms with van der Waals surface area (Å²) in [5, 5.41) is 0.836. The standard InChI is InChI=1S/C21H14O4S/c1-23-16-8-6-13(7-9-16)19-11-14(21(22)25-19)10-15-12-24-18-5-3-2-4-17(18)20(15)26/h2-12H,1H3/b14-10+. The van der Waals surface area contributed by atoms with E-state index in [4.69, 9.17) is 26.1 Å². The zero-order chi connectivity index (χ0) is 18.1. The lowest BCUT2D eigenvalue weighted by Gasteiger charge is -2.03. The third-order valence-corrected chi connectivity index (χ3v) is 4.57. The van der Waals surface area contributed by atoms with E-state index in [-0.39, 0.29) is 0 Å². The molecule has 0 spiro atoms. The van der Waals surface area contributed by atoms with Gasteiger partial charge in [-0.25, -0.2) is 4.79 Å². The number of esters is 1. The van der Waals surface area contributed by atoms with Gasteiger partial charge in [0.2, 0.25) is 0 Å². The molecule has 4 rings (SSSR count). The number of carbonyl (C=O) groups excluding carboxylic acids is 1. The van der Waals surface area contributed by atoms with Crippen LogP contribution in [0.5, 0.6) is 5.75 Å². The van der Waals surface area contributed by atoms with E-state index in [9.17, 15) is 4.79 Å². The van der Waals surface area contributed by atoms with E-state index in [0.29, 0.717) is 27.0 Å². The van der Waals surface area contributed by atoms with E-state index in [1.54, 1.807) is 25.5 Å². The van der Waals surface area contributed by atoms with Gasteiger partial charge >= 0.3 is 5.97 Å². The van der Waals surface area contributed by atoms with Crippen molar-refractivity contribution in [3.63, 3.8) is 0 Å². The van der Waals surface area contributed by atoms with Crippen molar-refractivity contribution < 1.29 is 18.7 Å². The van der Waals surface area contributed by atoms with Crippen molar-refractivity contribution >= 4 is 41.0 Å². The molecular formula is C21H14O4S. The number of rotatable bonds is 3. The molecule has 1 aliphatic heterocycles. The number of ether oxygens (including phenoxy) is 2. The van der Waals surface area contributed by atoms with Gasteiger partial charge in [0, 0.05) is 16.5 Å². The van der Waals surface area contributed by atoms with Gasteiger partial charge in [0.25, 0.3) is 0 Å². The molecule has 0 N–H and O–H groups in total. The molecule has 0 amide bonds. The van der Waals surface area contributed by atoms with Crippen LogP contribution in [0, 0.1) is 4.51 Å². The van der Waals surface area contributed by atoms with Gasteiger partial charge in [-0.1, -0.05) is 24.4 Å². The summed E-state index contributed by atoms with van der Waals surface area (Å²) in [6.45, 7) is 0. The zero-order valence-electron chi connectivity index (χ0n) is 13.9. The van der Waals surface area contributed by atoms with Gasteiger partial charge in [-0.15, -0.1) is 0 Å². The molecule has 0 saturated heterocycles. The summed E-state index contributed by atoms with van der Waals surface area (Å²) >= 11 is 5.53. The van der Waals surface area contributed by atoms with Crippen LogP contribution in [0.3, 0.4) is 0 Å². The summed E-state index contributed by atoms with van der Waals surface area (Å²) in [5.74, 6) is 0.814. The highest BCUT2D eigenvalue weighted by Gasteiger charge is 2.22. The molecule has 1 aliphatic rings. The third-order valence-electron chi connectivity index (χ3n) is 4.12. The second-order valence-corrected chi connectivity index (χ2v) is 6.15. The number of para-hydroxylation sites is 1. The molecule has 4 nitrogen and oxygen atoms in total. The van der Waals surface area contributed by atoms with Crippen molar-refractivity contribution in [2.75, 3.05) is 7.11 Å². The topological polar surface area (TPSA) is 48.7 Å². The van der Waals surface area contributed by atoms with Crippen LogP contribution in [0.4, 0.5) is 0 Å². The normalized spacial score (nSPS) is 15.2. The minimum Gasteiger partial charge on any atom is -0.497 e. The molecule has 0 aliphatic carbocycles. The Hall–Kier alpha value is -3.18. The van der Waals surface area contributed by atoms with Crippen LogP contribution >= 0.6 is 12.2 Å². The molecule has 128 valence electrons. The van der Waals surface area contributed by atoms with Crippen LogP contribution in [0.15, 0.2) is 70.9 Å². The molecule has 0 saturated carbocycles. The van der Waals surface area contributed by atoms with Crippen LogP contribution in [0.1, 0.15) is 11.1 Å². The molecule has 1 aromatic heterocycles. The molecule has 2 aromatic carbocycles. The Bertz CT molecular complexity index is 1120. The SMILES string of the molecule is COc1ccc(C2=C/C(=C\c3coc4ccccc4c3=S)C(=O)O2)cc1. The number of fused-ring (bicyclic) bond motifs is 1. The fourth-order valence-electron chi connectivity index (χ4n) is 2.75. The lowest BCUT2D eigenvalue weighted by molar-refractivity contribution is -0.130. The minimum absolute atomic E-state index is 0.418. The molecule has 0 unspecified atom stereocenters. The van der Waals surface area contributed by atoms with E-state index in [2.05, 4.69) is 0 Å². The lowest BCUT2D eigenvalue weighted by Crippen LogP contribution is -1.97. The molecule has 5 heteroatoms. The zero-order valence-corrected chi connectivity index (χ0v) is 14.7. The summed E-state index contributed by atoms with van der Waals surface area (Å²) in [7, 11) is 1.60. The van der Waals surface area contributed by atoms with Gasteiger partial charge in [0.05, 0.1) is 23.5 Å². The highest BCUT2D eigenvalue weighted by atomic mass is 32.1. The Balaban J connectivity index is 1.73. The molecule has 0 atom stereocenters. The maximum Gasteiger partial charge on any atom is 0.343 e. The van der Waals surface area contributed by atoms with Crippen LogP contribution in [0.25, 0.3) is 22.8 Å². The summed E-state index contributed by atoms with van der Waals surface area (Å²) in [6, 6.07) is 14.8. The maximum absolute atomic E-state index is 12.2. The first-order valence-electron chi connectivity index (χ1n) is 7.96. The van der Waals surface area contributed by atoms with Gasteiger partial charge < -0.3 is 13.9 Å². The molecular weight excluding hydrogens is 348 g/mol. The molecule has 0 fully saturated rings. The van der Waals surface area contributed by atoms with Crippen molar-refractivity contribution in [2.45, 2.75) is 0 Å². The number of methoxy groups -OCH3 is 1. The minimum atomic E-state index is -0.418. The highest BCUT2D eigenvalue weighted by molar-refractivity contribution is 7.71. The van der Waals surface area contributed by atoms with Crippen molar-refractivity contribution in [3.05, 3.63) is 82.1 Å². The van der Waals surface area contributed by atoms with Gasteiger partial charge in [0.15, 0.2) is 0 Å². The second kappa shape index (κ2) is 6.61. The lowest BCUT2D eigenvalue weighted by atomic mass is 10.1. The predicted molar refractivity (Wildman–Crippen MR) is 102 cm³/mol. The highest BCUT2D eigenvalue weighted by Crippen LogP contribution is 2.29. The smallest absolute Gasteiger partial charge is 0.343 e. The van der Waals surface area contributed by atoms with E-state index < -0.39 is 5.97 Å². The van der Waals surface area contributed by atoms with Crippen LogP contribution in [-0.4, -0.2) is 13.1 Å². The Morgan fingerprint density at radius 1 is 1.08 bits per heavy atom. The summed E-state index contributed by atoms with van der Waals surface area (Å²) in [6.07, 6.45) is 4.95. The third kappa shape index (κ3) is 2.93. The van der Waals surface area contributed by atoms with Crippen LogP contribution in [-0.2, 0) is 9.53 Å². The first-order chi connectivity index (χ1) is 12.7. The average molecular weight is 362 g/mol. The molecule has 0 bridgehead atoms. The van der Waals surface area contributed by atoms with E-state index in [1.165, 1.54) is 0 Å². The molecule has 26 heavy (non-hydrogen) atoms. The summed E-state index contributed by atoms with van der Waals surface area (Å²) in [4.78, 5) is 12.2. The number of hydrogen-bond donors (Lipinski definition) is 0. The molecule has 2 heterocycles. The van der Waals surface area contributed by atoms with Gasteiger partial charge in [-0.3, -0.25) is 0 Å². The number of benzene rings is 2. The van der Waals surface area contributed by atoms with E-state index in [0.717, 1.165) is 16.7 Å². The molecule has 3 aromatic rings. The van der Waals surface area contributed by atoms with Crippen molar-refractivity contribution in [2.24, 2.45) is 0 Å². The summed E-state index contributed by atoms with van der Waals surface area (Å²) in [5.41, 5.74) is 2.60. The Labute approximate surface area is 155 Å². The van der Waals surface area contributed by atoms with E-state index in [1.807, 2.05) is 48.5 Å². The van der Waals surface area contributed by atoms with Gasteiger partial charge in [0.1, 0.15) is 17.1 Å². The van der Waals surface area contributed by atoms with Crippen molar-refractivity contribution in [1.82, 2.24) is 0 Å². The second-order valence-electron chi connectivity index (χ2n) is 5.74. The first-order valence-corrected chi connectivity index (χ1v) is 8.37. The van der Waals surface area contributed by atoms with E-state index >= 15 is 0 Å². The van der Waals surface area contributed by atoms with Crippen LogP contribution < -0.4 is 4.74 Å². The van der Waals surface area contributed by atoms with Gasteiger partial charge in [-0.2, -0.15) is 0 Å². The maximum atomic E-state index is 12.2. The Kier molecular flexibility index (Phi) is 4.14. The van der Waals surface area contributed by atoms with Crippen LogP contribution in [0.2, 0.25) is 0 Å². The van der Waals surface area contributed by atoms with Gasteiger partial charge in [-0.05, 0) is 48.6 Å². The number of cyclic esters (lactones) is 1.